The van der Waals surface area contributed by atoms with Crippen LogP contribution in [0.2, 0.25) is 0 Å². The van der Waals surface area contributed by atoms with Crippen LogP contribution < -0.4 is 10.1 Å². The lowest BCUT2D eigenvalue weighted by Crippen LogP contribution is -2.14. The minimum absolute atomic E-state index is 0.230. The molecule has 2 heterocycles. The van der Waals surface area contributed by atoms with E-state index < -0.39 is 0 Å². The third kappa shape index (κ3) is 2.46. The van der Waals surface area contributed by atoms with Gasteiger partial charge in [-0.3, -0.25) is 4.79 Å². The van der Waals surface area contributed by atoms with Crippen LogP contribution in [-0.2, 0) is 6.42 Å². The number of pyridine rings is 1. The third-order valence-electron chi connectivity index (χ3n) is 2.92. The highest BCUT2D eigenvalue weighted by Crippen LogP contribution is 2.28. The van der Waals surface area contributed by atoms with Gasteiger partial charge in [0.25, 0.3) is 5.91 Å². The number of anilines is 1. The Bertz CT molecular complexity index is 643. The van der Waals surface area contributed by atoms with E-state index in [1.54, 1.807) is 18.3 Å². The summed E-state index contributed by atoms with van der Waals surface area (Å²) in [7, 11) is 0. The number of hydrogen-bond acceptors (Lipinski definition) is 3. The van der Waals surface area contributed by atoms with Crippen LogP contribution >= 0.6 is 15.9 Å². The summed E-state index contributed by atoms with van der Waals surface area (Å²) in [6, 6.07) is 9.22. The van der Waals surface area contributed by atoms with Gasteiger partial charge in [0, 0.05) is 22.8 Å². The summed E-state index contributed by atoms with van der Waals surface area (Å²) in [5.41, 5.74) is 2.25. The maximum absolute atomic E-state index is 12.1. The summed E-state index contributed by atoms with van der Waals surface area (Å²) >= 11 is 3.32. The Balaban J connectivity index is 1.82. The molecule has 1 amide bonds. The van der Waals surface area contributed by atoms with Gasteiger partial charge in [-0.1, -0.05) is 0 Å². The van der Waals surface area contributed by atoms with E-state index in [9.17, 15) is 4.79 Å². The molecule has 1 aliphatic rings. The second-order valence-electron chi connectivity index (χ2n) is 4.21. The van der Waals surface area contributed by atoms with Gasteiger partial charge in [0.1, 0.15) is 11.4 Å². The average Bonchev–Trinajstić information content (AvgIpc) is 2.86. The highest BCUT2D eigenvalue weighted by molar-refractivity contribution is 9.10. The minimum atomic E-state index is -0.230. The van der Waals surface area contributed by atoms with Gasteiger partial charge in [-0.15, -0.1) is 0 Å². The van der Waals surface area contributed by atoms with E-state index in [1.807, 2.05) is 18.2 Å². The fourth-order valence-electron chi connectivity index (χ4n) is 2.01. The summed E-state index contributed by atoms with van der Waals surface area (Å²) in [6.45, 7) is 0.707. The summed E-state index contributed by atoms with van der Waals surface area (Å²) in [4.78, 5) is 16.2. The smallest absolute Gasteiger partial charge is 0.275 e. The number of benzene rings is 1. The molecule has 96 valence electrons. The maximum atomic E-state index is 12.1. The fraction of sp³-hybridized carbons (Fsp3) is 0.143. The molecule has 2 aromatic rings. The van der Waals surface area contributed by atoms with Crippen molar-refractivity contribution < 1.29 is 9.53 Å². The van der Waals surface area contributed by atoms with E-state index in [-0.39, 0.29) is 5.91 Å². The van der Waals surface area contributed by atoms with Gasteiger partial charge >= 0.3 is 0 Å². The van der Waals surface area contributed by atoms with E-state index in [0.29, 0.717) is 16.8 Å². The molecule has 0 unspecified atom stereocenters. The lowest BCUT2D eigenvalue weighted by Gasteiger charge is -2.07. The Morgan fingerprint density at radius 2 is 2.26 bits per heavy atom. The van der Waals surface area contributed by atoms with Gasteiger partial charge in [-0.05, 0) is 51.8 Å². The Kier molecular flexibility index (Phi) is 3.21. The van der Waals surface area contributed by atoms with Crippen LogP contribution in [0, 0.1) is 0 Å². The Labute approximate surface area is 118 Å². The topological polar surface area (TPSA) is 51.2 Å². The molecule has 0 radical (unpaired) electrons. The molecule has 0 spiro atoms. The van der Waals surface area contributed by atoms with Crippen molar-refractivity contribution in [3.05, 3.63) is 52.3 Å². The van der Waals surface area contributed by atoms with Gasteiger partial charge in [-0.2, -0.15) is 0 Å². The molecule has 19 heavy (non-hydrogen) atoms. The summed E-state index contributed by atoms with van der Waals surface area (Å²) in [5.74, 6) is 0.670. The molecule has 0 saturated carbocycles. The number of halogens is 1. The number of nitrogens with zero attached hydrogens (tertiary/aromatic N) is 1. The normalized spacial score (nSPS) is 12.7. The van der Waals surface area contributed by atoms with Crippen LogP contribution in [0.4, 0.5) is 5.69 Å². The van der Waals surface area contributed by atoms with Crippen LogP contribution in [-0.4, -0.2) is 17.5 Å². The molecular weight excluding hydrogens is 308 g/mol. The first kappa shape index (κ1) is 12.2. The third-order valence-corrected chi connectivity index (χ3v) is 3.56. The molecule has 5 heteroatoms. The summed E-state index contributed by atoms with van der Waals surface area (Å²) < 4.78 is 6.11. The molecule has 4 nitrogen and oxygen atoms in total. The van der Waals surface area contributed by atoms with E-state index in [1.165, 1.54) is 0 Å². The SMILES string of the molecule is O=C(Nc1ccc2c(c1)CCO2)c1ncccc1Br. The summed E-state index contributed by atoms with van der Waals surface area (Å²) in [5, 5.41) is 2.84. The van der Waals surface area contributed by atoms with Crippen molar-refractivity contribution in [1.82, 2.24) is 4.98 Å². The average molecular weight is 319 g/mol. The van der Waals surface area contributed by atoms with E-state index in [2.05, 4.69) is 26.2 Å². The highest BCUT2D eigenvalue weighted by atomic mass is 79.9. The number of carbonyl (C=O) groups excluding carboxylic acids is 1. The van der Waals surface area contributed by atoms with E-state index in [0.717, 1.165) is 23.4 Å². The molecule has 1 aromatic carbocycles. The largest absolute Gasteiger partial charge is 0.493 e. The van der Waals surface area contributed by atoms with Gasteiger partial charge in [0.15, 0.2) is 0 Å². The Hall–Kier alpha value is -1.88. The number of fused-ring (bicyclic) bond motifs is 1. The first-order valence-corrected chi connectivity index (χ1v) is 6.71. The number of ether oxygens (including phenoxy) is 1. The number of amides is 1. The molecule has 0 fully saturated rings. The second-order valence-corrected chi connectivity index (χ2v) is 5.06. The van der Waals surface area contributed by atoms with Gasteiger partial charge in [0.2, 0.25) is 0 Å². The molecule has 1 aliphatic heterocycles. The standard InChI is InChI=1S/C14H11BrN2O2/c15-11-2-1-6-16-13(11)14(18)17-10-3-4-12-9(8-10)5-7-19-12/h1-4,6,8H,5,7H2,(H,17,18). The molecule has 0 saturated heterocycles. The van der Waals surface area contributed by atoms with Crippen LogP contribution in [0.1, 0.15) is 16.1 Å². The van der Waals surface area contributed by atoms with Gasteiger partial charge < -0.3 is 10.1 Å². The fourth-order valence-corrected chi connectivity index (χ4v) is 2.44. The molecule has 1 aromatic heterocycles. The molecule has 0 bridgehead atoms. The predicted molar refractivity (Wildman–Crippen MR) is 75.5 cm³/mol. The lowest BCUT2D eigenvalue weighted by atomic mass is 10.1. The van der Waals surface area contributed by atoms with Crippen molar-refractivity contribution in [1.29, 1.82) is 0 Å². The zero-order chi connectivity index (χ0) is 13.2. The van der Waals surface area contributed by atoms with Crippen molar-refractivity contribution in [3.63, 3.8) is 0 Å². The molecular formula is C14H11BrN2O2. The Morgan fingerprint density at radius 1 is 1.37 bits per heavy atom. The van der Waals surface area contributed by atoms with E-state index >= 15 is 0 Å². The lowest BCUT2D eigenvalue weighted by molar-refractivity contribution is 0.102. The van der Waals surface area contributed by atoms with Crippen LogP contribution in [0.5, 0.6) is 5.75 Å². The number of carbonyl (C=O) groups is 1. The zero-order valence-electron chi connectivity index (χ0n) is 10.0. The predicted octanol–water partition coefficient (Wildman–Crippen LogP) is 3.03. The number of rotatable bonds is 2. The highest BCUT2D eigenvalue weighted by Gasteiger charge is 2.15. The van der Waals surface area contributed by atoms with E-state index in [4.69, 9.17) is 4.74 Å². The minimum Gasteiger partial charge on any atom is -0.493 e. The molecule has 0 aliphatic carbocycles. The van der Waals surface area contributed by atoms with Crippen molar-refractivity contribution in [3.8, 4) is 5.75 Å². The quantitative estimate of drug-likeness (QED) is 0.926. The van der Waals surface area contributed by atoms with Crippen molar-refractivity contribution in [2.75, 3.05) is 11.9 Å². The van der Waals surface area contributed by atoms with Crippen molar-refractivity contribution in [2.45, 2.75) is 6.42 Å². The first-order chi connectivity index (χ1) is 9.24. The van der Waals surface area contributed by atoms with Gasteiger partial charge in [0.05, 0.1) is 6.61 Å². The van der Waals surface area contributed by atoms with Crippen LogP contribution in [0.25, 0.3) is 0 Å². The summed E-state index contributed by atoms with van der Waals surface area (Å²) in [6.07, 6.45) is 2.47. The van der Waals surface area contributed by atoms with Gasteiger partial charge in [-0.25, -0.2) is 4.98 Å². The van der Waals surface area contributed by atoms with Crippen molar-refractivity contribution >= 4 is 27.5 Å². The number of aromatic nitrogens is 1. The molecule has 0 atom stereocenters. The maximum Gasteiger partial charge on any atom is 0.275 e. The Morgan fingerprint density at radius 3 is 3.11 bits per heavy atom. The number of hydrogen-bond donors (Lipinski definition) is 1. The van der Waals surface area contributed by atoms with Crippen molar-refractivity contribution in [2.24, 2.45) is 0 Å². The molecule has 3 rings (SSSR count). The monoisotopic (exact) mass is 318 g/mol. The van der Waals surface area contributed by atoms with Crippen LogP contribution in [0.15, 0.2) is 41.0 Å². The van der Waals surface area contributed by atoms with Crippen LogP contribution in [0.3, 0.4) is 0 Å². The zero-order valence-corrected chi connectivity index (χ0v) is 11.6. The molecule has 1 N–H and O–H groups in total. The first-order valence-electron chi connectivity index (χ1n) is 5.91. The second kappa shape index (κ2) is 5.01. The number of nitrogens with one attached hydrogen (secondary N) is 1.